The molecule has 35 heavy (non-hydrogen) atoms. The van der Waals surface area contributed by atoms with Crippen LogP contribution in [0.2, 0.25) is 0 Å². The van der Waals surface area contributed by atoms with Gasteiger partial charge in [-0.2, -0.15) is 0 Å². The third kappa shape index (κ3) is 7.27. The second-order valence-electron chi connectivity index (χ2n) is 8.95. The SMILES string of the molecule is O=C(CCC(=O)N1CCN(C(c2ccccc2)c2ccccc2)CC1)OCCCc1ccccc1. The average molecular weight is 471 g/mol. The lowest BCUT2D eigenvalue weighted by molar-refractivity contribution is -0.146. The molecule has 4 rings (SSSR count). The molecule has 0 saturated carbocycles. The van der Waals surface area contributed by atoms with Crippen molar-refractivity contribution < 1.29 is 14.3 Å². The van der Waals surface area contributed by atoms with Gasteiger partial charge in [0, 0.05) is 32.6 Å². The molecule has 182 valence electrons. The van der Waals surface area contributed by atoms with Crippen LogP contribution in [0, 0.1) is 0 Å². The Morgan fingerprint density at radius 2 is 1.26 bits per heavy atom. The smallest absolute Gasteiger partial charge is 0.306 e. The van der Waals surface area contributed by atoms with Crippen molar-refractivity contribution in [1.82, 2.24) is 9.80 Å². The number of nitrogens with zero attached hydrogens (tertiary/aromatic N) is 2. The number of benzene rings is 3. The highest BCUT2D eigenvalue weighted by Gasteiger charge is 2.28. The van der Waals surface area contributed by atoms with E-state index in [2.05, 4.69) is 65.6 Å². The van der Waals surface area contributed by atoms with Crippen LogP contribution in [0.15, 0.2) is 91.0 Å². The summed E-state index contributed by atoms with van der Waals surface area (Å²) in [6, 6.07) is 31.4. The van der Waals surface area contributed by atoms with E-state index in [1.807, 2.05) is 35.2 Å². The van der Waals surface area contributed by atoms with E-state index in [1.165, 1.54) is 16.7 Å². The second-order valence-corrected chi connectivity index (χ2v) is 8.95. The Bertz CT molecular complexity index is 1010. The zero-order chi connectivity index (χ0) is 24.3. The number of ether oxygens (including phenoxy) is 1. The number of amides is 1. The molecule has 0 unspecified atom stereocenters. The van der Waals surface area contributed by atoms with Crippen LogP contribution in [0.25, 0.3) is 0 Å². The van der Waals surface area contributed by atoms with Gasteiger partial charge in [0.1, 0.15) is 0 Å². The van der Waals surface area contributed by atoms with Gasteiger partial charge in [-0.1, -0.05) is 91.0 Å². The van der Waals surface area contributed by atoms with E-state index < -0.39 is 0 Å². The molecule has 1 aliphatic heterocycles. The minimum atomic E-state index is -0.293. The summed E-state index contributed by atoms with van der Waals surface area (Å²) < 4.78 is 5.33. The van der Waals surface area contributed by atoms with E-state index in [9.17, 15) is 9.59 Å². The number of esters is 1. The van der Waals surface area contributed by atoms with Crippen molar-refractivity contribution in [3.63, 3.8) is 0 Å². The predicted octanol–water partition coefficient (Wildman–Crippen LogP) is 4.88. The minimum Gasteiger partial charge on any atom is -0.466 e. The fraction of sp³-hybridized carbons (Fsp3) is 0.333. The van der Waals surface area contributed by atoms with Gasteiger partial charge in [-0.25, -0.2) is 0 Å². The summed E-state index contributed by atoms with van der Waals surface area (Å²) in [5.74, 6) is -0.264. The first-order valence-electron chi connectivity index (χ1n) is 12.5. The Labute approximate surface area is 208 Å². The predicted molar refractivity (Wildman–Crippen MR) is 138 cm³/mol. The molecule has 0 spiro atoms. The van der Waals surface area contributed by atoms with E-state index in [-0.39, 0.29) is 30.8 Å². The van der Waals surface area contributed by atoms with Crippen LogP contribution in [0.4, 0.5) is 0 Å². The molecule has 0 radical (unpaired) electrons. The maximum absolute atomic E-state index is 12.7. The van der Waals surface area contributed by atoms with Crippen LogP contribution < -0.4 is 0 Å². The van der Waals surface area contributed by atoms with Crippen molar-refractivity contribution >= 4 is 11.9 Å². The third-order valence-corrected chi connectivity index (χ3v) is 6.52. The van der Waals surface area contributed by atoms with Crippen molar-refractivity contribution in [3.8, 4) is 0 Å². The zero-order valence-electron chi connectivity index (χ0n) is 20.2. The normalized spacial score (nSPS) is 14.1. The largest absolute Gasteiger partial charge is 0.466 e. The molecular formula is C30H34N2O3. The standard InChI is InChI=1S/C30H34N2O3/c33-28(18-19-29(34)35-24-10-13-25-11-4-1-5-12-25)31-20-22-32(23-21-31)30(26-14-6-2-7-15-26)27-16-8-3-9-17-27/h1-9,11-12,14-17,30H,10,13,18-24H2. The van der Waals surface area contributed by atoms with E-state index in [0.29, 0.717) is 19.7 Å². The van der Waals surface area contributed by atoms with Gasteiger partial charge in [0.25, 0.3) is 0 Å². The maximum atomic E-state index is 12.7. The lowest BCUT2D eigenvalue weighted by Gasteiger charge is -2.39. The molecule has 1 heterocycles. The molecule has 0 atom stereocenters. The van der Waals surface area contributed by atoms with E-state index in [1.54, 1.807) is 0 Å². The Balaban J connectivity index is 1.21. The Hall–Kier alpha value is -3.44. The van der Waals surface area contributed by atoms with Gasteiger partial charge in [-0.15, -0.1) is 0 Å². The molecule has 1 fully saturated rings. The number of rotatable bonds is 10. The highest BCUT2D eigenvalue weighted by Crippen LogP contribution is 2.29. The van der Waals surface area contributed by atoms with Crippen molar-refractivity contribution in [3.05, 3.63) is 108 Å². The topological polar surface area (TPSA) is 49.9 Å². The molecule has 1 amide bonds. The summed E-state index contributed by atoms with van der Waals surface area (Å²) in [4.78, 5) is 29.2. The van der Waals surface area contributed by atoms with E-state index in [4.69, 9.17) is 4.74 Å². The van der Waals surface area contributed by atoms with Crippen LogP contribution >= 0.6 is 0 Å². The fourth-order valence-electron chi connectivity index (χ4n) is 4.66. The summed E-state index contributed by atoms with van der Waals surface area (Å²) in [7, 11) is 0. The number of aryl methyl sites for hydroxylation is 1. The fourth-order valence-corrected chi connectivity index (χ4v) is 4.66. The molecule has 0 N–H and O–H groups in total. The summed E-state index contributed by atoms with van der Waals surface area (Å²) in [5, 5.41) is 0. The Morgan fingerprint density at radius 1 is 0.714 bits per heavy atom. The van der Waals surface area contributed by atoms with Gasteiger partial charge >= 0.3 is 5.97 Å². The highest BCUT2D eigenvalue weighted by atomic mass is 16.5. The molecule has 5 heteroatoms. The zero-order valence-corrected chi connectivity index (χ0v) is 20.2. The van der Waals surface area contributed by atoms with Gasteiger partial charge in [-0.3, -0.25) is 14.5 Å². The molecule has 1 aliphatic rings. The first kappa shape index (κ1) is 24.7. The minimum absolute atomic E-state index is 0.0295. The molecule has 3 aromatic carbocycles. The lowest BCUT2D eigenvalue weighted by atomic mass is 9.96. The van der Waals surface area contributed by atoms with Crippen LogP contribution in [-0.2, 0) is 20.7 Å². The number of hydrogen-bond acceptors (Lipinski definition) is 4. The molecular weight excluding hydrogens is 436 g/mol. The highest BCUT2D eigenvalue weighted by molar-refractivity contribution is 5.81. The summed E-state index contributed by atoms with van der Waals surface area (Å²) in [6.45, 7) is 3.32. The van der Waals surface area contributed by atoms with Gasteiger partial charge in [0.15, 0.2) is 0 Å². The first-order valence-corrected chi connectivity index (χ1v) is 12.5. The molecule has 1 saturated heterocycles. The quantitative estimate of drug-likeness (QED) is 0.313. The summed E-state index contributed by atoms with van der Waals surface area (Å²) in [6.07, 6.45) is 2.01. The maximum Gasteiger partial charge on any atom is 0.306 e. The third-order valence-electron chi connectivity index (χ3n) is 6.52. The summed E-state index contributed by atoms with van der Waals surface area (Å²) in [5.41, 5.74) is 3.75. The van der Waals surface area contributed by atoms with Crippen molar-refractivity contribution in [2.75, 3.05) is 32.8 Å². The van der Waals surface area contributed by atoms with Crippen molar-refractivity contribution in [2.24, 2.45) is 0 Å². The Morgan fingerprint density at radius 3 is 1.83 bits per heavy atom. The molecule has 0 aliphatic carbocycles. The molecule has 5 nitrogen and oxygen atoms in total. The average Bonchev–Trinajstić information content (AvgIpc) is 2.92. The van der Waals surface area contributed by atoms with Gasteiger partial charge in [0.05, 0.1) is 19.1 Å². The van der Waals surface area contributed by atoms with Crippen molar-refractivity contribution in [1.29, 1.82) is 0 Å². The lowest BCUT2D eigenvalue weighted by Crippen LogP contribution is -2.49. The van der Waals surface area contributed by atoms with Gasteiger partial charge < -0.3 is 9.64 Å². The number of piperazine rings is 1. The number of carbonyl (C=O) groups excluding carboxylic acids is 2. The van der Waals surface area contributed by atoms with Crippen LogP contribution in [0.5, 0.6) is 0 Å². The van der Waals surface area contributed by atoms with Crippen LogP contribution in [0.3, 0.4) is 0 Å². The summed E-state index contributed by atoms with van der Waals surface area (Å²) >= 11 is 0. The number of hydrogen-bond donors (Lipinski definition) is 0. The Kier molecular flexibility index (Phi) is 9.07. The first-order chi connectivity index (χ1) is 17.2. The van der Waals surface area contributed by atoms with Crippen LogP contribution in [-0.4, -0.2) is 54.5 Å². The van der Waals surface area contributed by atoms with Gasteiger partial charge in [0.2, 0.25) is 5.91 Å². The molecule has 3 aromatic rings. The molecule has 0 bridgehead atoms. The number of carbonyl (C=O) groups is 2. The second kappa shape index (κ2) is 12.9. The monoisotopic (exact) mass is 470 g/mol. The van der Waals surface area contributed by atoms with E-state index in [0.717, 1.165) is 25.9 Å². The molecule has 0 aromatic heterocycles. The van der Waals surface area contributed by atoms with E-state index >= 15 is 0 Å². The van der Waals surface area contributed by atoms with Gasteiger partial charge in [-0.05, 0) is 29.5 Å². The van der Waals surface area contributed by atoms with Crippen LogP contribution in [0.1, 0.15) is 42.0 Å². The van der Waals surface area contributed by atoms with Crippen molar-refractivity contribution in [2.45, 2.75) is 31.7 Å².